The van der Waals surface area contributed by atoms with Gasteiger partial charge in [-0.2, -0.15) is 0 Å². The van der Waals surface area contributed by atoms with Crippen LogP contribution in [0.2, 0.25) is 0 Å². The highest BCUT2D eigenvalue weighted by atomic mass is 16.2. The lowest BCUT2D eigenvalue weighted by atomic mass is 10.1. The Labute approximate surface area is 110 Å². The quantitative estimate of drug-likeness (QED) is 0.711. The van der Waals surface area contributed by atoms with E-state index in [-0.39, 0.29) is 5.91 Å². The van der Waals surface area contributed by atoms with Crippen LogP contribution < -0.4 is 4.90 Å². The van der Waals surface area contributed by atoms with Crippen molar-refractivity contribution in [1.82, 2.24) is 4.90 Å². The van der Waals surface area contributed by atoms with E-state index in [1.165, 1.54) is 0 Å². The molecule has 1 aromatic rings. The van der Waals surface area contributed by atoms with Crippen molar-refractivity contribution >= 4 is 17.2 Å². The maximum Gasteiger partial charge on any atom is 0.260 e. The van der Waals surface area contributed by atoms with Crippen LogP contribution in [-0.2, 0) is 4.79 Å². The fourth-order valence-electron chi connectivity index (χ4n) is 1.94. The molecule has 0 atom stereocenters. The molecule has 3 nitrogen and oxygen atoms in total. The van der Waals surface area contributed by atoms with Crippen molar-refractivity contribution in [3.63, 3.8) is 0 Å². The molecule has 0 aliphatic carbocycles. The number of amides is 1. The Kier molecular flexibility index (Phi) is 4.54. The van der Waals surface area contributed by atoms with E-state index in [2.05, 4.69) is 0 Å². The van der Waals surface area contributed by atoms with Crippen LogP contribution in [-0.4, -0.2) is 32.0 Å². The zero-order valence-electron chi connectivity index (χ0n) is 12.1. The Bertz CT molecular complexity index is 475. The molecule has 0 radical (unpaired) electrons. The first-order valence-electron chi connectivity index (χ1n) is 6.29. The Morgan fingerprint density at radius 1 is 1.17 bits per heavy atom. The maximum atomic E-state index is 12.1. The van der Waals surface area contributed by atoms with Crippen molar-refractivity contribution in [2.24, 2.45) is 0 Å². The lowest BCUT2D eigenvalue weighted by Gasteiger charge is -2.15. The smallest absolute Gasteiger partial charge is 0.260 e. The number of anilines is 1. The van der Waals surface area contributed by atoms with Crippen molar-refractivity contribution in [2.45, 2.75) is 20.8 Å². The number of likely N-dealkylation sites (N-methyl/N-ethyl adjacent to an activating group) is 1. The highest BCUT2D eigenvalue weighted by Crippen LogP contribution is 2.37. The van der Waals surface area contributed by atoms with E-state index in [0.29, 0.717) is 0 Å². The van der Waals surface area contributed by atoms with Gasteiger partial charge in [0.25, 0.3) is 5.91 Å². The number of fused-ring (bicyclic) bond motifs is 1. The normalized spacial score (nSPS) is 15.9. The summed E-state index contributed by atoms with van der Waals surface area (Å²) >= 11 is 0. The topological polar surface area (TPSA) is 23.6 Å². The van der Waals surface area contributed by atoms with Crippen LogP contribution in [0.3, 0.4) is 0 Å². The van der Waals surface area contributed by atoms with Gasteiger partial charge in [0, 0.05) is 32.4 Å². The Morgan fingerprint density at radius 2 is 1.72 bits per heavy atom. The van der Waals surface area contributed by atoms with Gasteiger partial charge in [0.15, 0.2) is 0 Å². The summed E-state index contributed by atoms with van der Waals surface area (Å²) in [5.74, 6) is 0.0763. The van der Waals surface area contributed by atoms with Crippen LogP contribution >= 0.6 is 0 Å². The summed E-state index contributed by atoms with van der Waals surface area (Å²) in [7, 11) is 5.73. The molecule has 2 rings (SSSR count). The first-order chi connectivity index (χ1) is 8.54. The van der Waals surface area contributed by atoms with Gasteiger partial charge in [-0.15, -0.1) is 0 Å². The van der Waals surface area contributed by atoms with Gasteiger partial charge in [0.05, 0.1) is 11.3 Å². The number of carbonyl (C=O) groups is 1. The van der Waals surface area contributed by atoms with Gasteiger partial charge < -0.3 is 9.80 Å². The molecule has 18 heavy (non-hydrogen) atoms. The number of para-hydroxylation sites is 1. The second-order valence-corrected chi connectivity index (χ2v) is 4.24. The highest BCUT2D eigenvalue weighted by Gasteiger charge is 2.31. The summed E-state index contributed by atoms with van der Waals surface area (Å²) in [5.41, 5.74) is 3.83. The lowest BCUT2D eigenvalue weighted by Crippen LogP contribution is -2.22. The molecule has 0 fully saturated rings. The van der Waals surface area contributed by atoms with Gasteiger partial charge in [-0.3, -0.25) is 4.79 Å². The number of allylic oxidation sites excluding steroid dienone is 1. The van der Waals surface area contributed by atoms with Crippen molar-refractivity contribution in [2.75, 3.05) is 26.0 Å². The van der Waals surface area contributed by atoms with E-state index in [1.807, 2.05) is 71.1 Å². The van der Waals surface area contributed by atoms with E-state index >= 15 is 0 Å². The van der Waals surface area contributed by atoms with E-state index in [9.17, 15) is 4.79 Å². The molecular weight excluding hydrogens is 224 g/mol. The number of rotatable bonds is 1. The molecule has 1 heterocycles. The lowest BCUT2D eigenvalue weighted by molar-refractivity contribution is -0.112. The average Bonchev–Trinajstić information content (AvgIpc) is 2.64. The summed E-state index contributed by atoms with van der Waals surface area (Å²) in [4.78, 5) is 15.8. The van der Waals surface area contributed by atoms with Crippen LogP contribution in [0.15, 0.2) is 30.0 Å². The van der Waals surface area contributed by atoms with Crippen molar-refractivity contribution < 1.29 is 4.79 Å². The molecule has 1 aliphatic rings. The summed E-state index contributed by atoms with van der Waals surface area (Å²) in [6, 6.07) is 7.90. The number of benzene rings is 1. The van der Waals surface area contributed by atoms with Crippen molar-refractivity contribution in [3.8, 4) is 0 Å². The number of nitrogens with zero attached hydrogens (tertiary/aromatic N) is 2. The van der Waals surface area contributed by atoms with Crippen LogP contribution in [0.4, 0.5) is 5.69 Å². The molecule has 0 spiro atoms. The van der Waals surface area contributed by atoms with Crippen molar-refractivity contribution in [1.29, 1.82) is 0 Å². The van der Waals surface area contributed by atoms with E-state index in [1.54, 1.807) is 4.90 Å². The first kappa shape index (κ1) is 14.3. The van der Waals surface area contributed by atoms with Crippen LogP contribution in [0.25, 0.3) is 5.57 Å². The summed E-state index contributed by atoms with van der Waals surface area (Å²) in [6.07, 6.45) is 0. The number of carbonyl (C=O) groups excluding carboxylic acids is 1. The Morgan fingerprint density at radius 3 is 2.28 bits per heavy atom. The number of hydrogen-bond donors (Lipinski definition) is 0. The molecule has 0 N–H and O–H groups in total. The predicted octanol–water partition coefficient (Wildman–Crippen LogP) is 2.98. The minimum atomic E-state index is 0.0763. The molecule has 98 valence electrons. The molecule has 1 aromatic carbocycles. The largest absolute Gasteiger partial charge is 0.381 e. The number of hydrogen-bond acceptors (Lipinski definition) is 2. The monoisotopic (exact) mass is 246 g/mol. The molecule has 0 saturated carbocycles. The Hall–Kier alpha value is -1.77. The Balaban J connectivity index is 0.000000771. The van der Waals surface area contributed by atoms with Gasteiger partial charge in [-0.1, -0.05) is 32.0 Å². The molecule has 0 bridgehead atoms. The van der Waals surface area contributed by atoms with Crippen LogP contribution in [0.1, 0.15) is 26.3 Å². The predicted molar refractivity (Wildman–Crippen MR) is 77.5 cm³/mol. The van der Waals surface area contributed by atoms with Gasteiger partial charge in [-0.05, 0) is 13.0 Å². The van der Waals surface area contributed by atoms with Crippen LogP contribution in [0, 0.1) is 0 Å². The fraction of sp³-hybridized carbons (Fsp3) is 0.400. The maximum absolute atomic E-state index is 12.1. The van der Waals surface area contributed by atoms with Crippen LogP contribution in [0.5, 0.6) is 0 Å². The second-order valence-electron chi connectivity index (χ2n) is 4.24. The van der Waals surface area contributed by atoms with Gasteiger partial charge in [0.1, 0.15) is 0 Å². The first-order valence-corrected chi connectivity index (χ1v) is 6.29. The molecule has 0 saturated heterocycles. The zero-order chi connectivity index (χ0) is 13.9. The third-order valence-electron chi connectivity index (χ3n) is 3.09. The summed E-state index contributed by atoms with van der Waals surface area (Å²) in [6.45, 7) is 5.98. The van der Waals surface area contributed by atoms with Crippen molar-refractivity contribution in [3.05, 3.63) is 35.5 Å². The third kappa shape index (κ3) is 2.26. The zero-order valence-corrected chi connectivity index (χ0v) is 12.1. The molecule has 0 unspecified atom stereocenters. The molecule has 1 amide bonds. The van der Waals surface area contributed by atoms with Gasteiger partial charge in [-0.25, -0.2) is 0 Å². The van der Waals surface area contributed by atoms with E-state index in [0.717, 1.165) is 22.5 Å². The van der Waals surface area contributed by atoms with Gasteiger partial charge in [0.2, 0.25) is 0 Å². The summed E-state index contributed by atoms with van der Waals surface area (Å²) < 4.78 is 0. The molecular formula is C15H22N2O. The minimum absolute atomic E-state index is 0.0763. The van der Waals surface area contributed by atoms with Gasteiger partial charge >= 0.3 is 0 Å². The highest BCUT2D eigenvalue weighted by molar-refractivity contribution is 6.32. The second kappa shape index (κ2) is 5.71. The molecule has 1 aliphatic heterocycles. The average molecular weight is 246 g/mol. The molecule has 0 aromatic heterocycles. The van der Waals surface area contributed by atoms with E-state index in [4.69, 9.17) is 0 Å². The third-order valence-corrected chi connectivity index (χ3v) is 3.09. The molecule has 3 heteroatoms. The fourth-order valence-corrected chi connectivity index (χ4v) is 1.94. The summed E-state index contributed by atoms with van der Waals surface area (Å²) in [5, 5.41) is 0. The minimum Gasteiger partial charge on any atom is -0.381 e. The van der Waals surface area contributed by atoms with E-state index < -0.39 is 0 Å². The SMILES string of the molecule is C/C(=C1/C(=O)N(C)c2ccccc21)N(C)C.CC. The standard InChI is InChI=1S/C13H16N2O.C2H6/c1-9(14(2)3)12-10-7-5-6-8-11(10)15(4)13(12)16;1-2/h5-8H,1-4H3;1-2H3/b12-9-;.